The van der Waals surface area contributed by atoms with Gasteiger partial charge in [0.25, 0.3) is 0 Å². The van der Waals surface area contributed by atoms with Crippen LogP contribution in [0.1, 0.15) is 11.1 Å². The van der Waals surface area contributed by atoms with Gasteiger partial charge in [0.15, 0.2) is 5.17 Å². The van der Waals surface area contributed by atoms with Crippen LogP contribution in [0.5, 0.6) is 5.75 Å². The largest absolute Gasteiger partial charge is 0.497 e. The summed E-state index contributed by atoms with van der Waals surface area (Å²) in [7, 11) is 1.70. The second-order valence-electron chi connectivity index (χ2n) is 5.69. The van der Waals surface area contributed by atoms with Gasteiger partial charge in [0.1, 0.15) is 5.75 Å². The highest BCUT2D eigenvalue weighted by molar-refractivity contribution is 8.16. The summed E-state index contributed by atoms with van der Waals surface area (Å²) in [5, 5.41) is 3.33. The zero-order valence-electron chi connectivity index (χ0n) is 13.0. The molecule has 1 atom stereocenters. The lowest BCUT2D eigenvalue weighted by atomic mass is 10.0. The fourth-order valence-electron chi connectivity index (χ4n) is 3.07. The van der Waals surface area contributed by atoms with E-state index in [1.165, 1.54) is 16.8 Å². The Bertz CT molecular complexity index is 753. The SMILES string of the molecule is COc1ccc(C2=CSC3=NC[C@H](Cc4ccccc4)N23)cc1. The van der Waals surface area contributed by atoms with E-state index < -0.39 is 0 Å². The van der Waals surface area contributed by atoms with Crippen molar-refractivity contribution in [3.63, 3.8) is 0 Å². The molecule has 0 unspecified atom stereocenters. The summed E-state index contributed by atoms with van der Waals surface area (Å²) in [5.41, 5.74) is 3.82. The van der Waals surface area contributed by atoms with Crippen molar-refractivity contribution in [2.24, 2.45) is 4.99 Å². The number of aliphatic imine (C=N–C) groups is 1. The van der Waals surface area contributed by atoms with Gasteiger partial charge in [0.2, 0.25) is 0 Å². The van der Waals surface area contributed by atoms with Gasteiger partial charge in [0.05, 0.1) is 25.4 Å². The molecule has 3 nitrogen and oxygen atoms in total. The molecule has 4 heteroatoms. The molecule has 0 amide bonds. The fraction of sp³-hybridized carbons (Fsp3) is 0.211. The maximum Gasteiger partial charge on any atom is 0.168 e. The Kier molecular flexibility index (Phi) is 3.83. The van der Waals surface area contributed by atoms with Crippen LogP contribution >= 0.6 is 11.8 Å². The maximum absolute atomic E-state index is 5.26. The average molecular weight is 322 g/mol. The standard InChI is InChI=1S/C19H18N2OS/c1-22-17-9-7-15(8-10-17)18-13-23-19-20-12-16(21(18)19)11-14-5-3-2-4-6-14/h2-10,13,16H,11-12H2,1H3/t16-/m0/s1. The lowest BCUT2D eigenvalue weighted by Gasteiger charge is -2.26. The van der Waals surface area contributed by atoms with E-state index in [2.05, 4.69) is 52.8 Å². The van der Waals surface area contributed by atoms with E-state index in [4.69, 9.17) is 9.73 Å². The molecule has 2 aromatic rings. The van der Waals surface area contributed by atoms with E-state index in [1.54, 1.807) is 18.9 Å². The highest BCUT2D eigenvalue weighted by Gasteiger charge is 2.34. The topological polar surface area (TPSA) is 24.8 Å². The van der Waals surface area contributed by atoms with Crippen LogP contribution in [0.15, 0.2) is 65.0 Å². The molecule has 2 heterocycles. The van der Waals surface area contributed by atoms with Crippen molar-refractivity contribution in [3.8, 4) is 5.75 Å². The number of amidine groups is 1. The van der Waals surface area contributed by atoms with Gasteiger partial charge in [-0.25, -0.2) is 0 Å². The van der Waals surface area contributed by atoms with Crippen LogP contribution in [0.2, 0.25) is 0 Å². The van der Waals surface area contributed by atoms with Crippen molar-refractivity contribution in [1.82, 2.24) is 4.90 Å². The van der Waals surface area contributed by atoms with Crippen molar-refractivity contribution < 1.29 is 4.74 Å². The molecule has 0 fully saturated rings. The molecule has 0 saturated heterocycles. The quantitative estimate of drug-likeness (QED) is 0.850. The second kappa shape index (κ2) is 6.13. The maximum atomic E-state index is 5.26. The third-order valence-corrected chi connectivity index (χ3v) is 5.12. The first-order valence-electron chi connectivity index (χ1n) is 7.74. The predicted molar refractivity (Wildman–Crippen MR) is 96.6 cm³/mol. The second-order valence-corrected chi connectivity index (χ2v) is 6.52. The Balaban J connectivity index is 1.58. The Morgan fingerprint density at radius 3 is 2.65 bits per heavy atom. The minimum atomic E-state index is 0.399. The van der Waals surface area contributed by atoms with Gasteiger partial charge >= 0.3 is 0 Å². The summed E-state index contributed by atoms with van der Waals surface area (Å²) in [6, 6.07) is 19.3. The van der Waals surface area contributed by atoms with Gasteiger partial charge in [-0.1, -0.05) is 42.1 Å². The van der Waals surface area contributed by atoms with Crippen LogP contribution in [-0.4, -0.2) is 29.8 Å². The molecule has 23 heavy (non-hydrogen) atoms. The predicted octanol–water partition coefficient (Wildman–Crippen LogP) is 4.02. The minimum Gasteiger partial charge on any atom is -0.497 e. The Morgan fingerprint density at radius 1 is 1.13 bits per heavy atom. The van der Waals surface area contributed by atoms with Crippen molar-refractivity contribution in [1.29, 1.82) is 0 Å². The fourth-order valence-corrected chi connectivity index (χ4v) is 4.04. The molecule has 0 aliphatic carbocycles. The van der Waals surface area contributed by atoms with Crippen molar-refractivity contribution in [3.05, 3.63) is 71.1 Å². The molecule has 0 spiro atoms. The van der Waals surface area contributed by atoms with Crippen LogP contribution in [0, 0.1) is 0 Å². The number of hydrogen-bond acceptors (Lipinski definition) is 4. The van der Waals surface area contributed by atoms with Crippen LogP contribution < -0.4 is 4.74 Å². The van der Waals surface area contributed by atoms with Crippen LogP contribution in [0.25, 0.3) is 5.70 Å². The molecule has 2 aliphatic rings. The van der Waals surface area contributed by atoms with Crippen molar-refractivity contribution in [2.45, 2.75) is 12.5 Å². The molecule has 0 aromatic heterocycles. The van der Waals surface area contributed by atoms with E-state index in [1.807, 2.05) is 12.1 Å². The van der Waals surface area contributed by atoms with Gasteiger partial charge in [-0.15, -0.1) is 0 Å². The number of fused-ring (bicyclic) bond motifs is 1. The molecule has 4 rings (SSSR count). The summed E-state index contributed by atoms with van der Waals surface area (Å²) in [4.78, 5) is 7.10. The first-order chi connectivity index (χ1) is 11.3. The number of benzene rings is 2. The molecular formula is C19H18N2OS. The third-order valence-electron chi connectivity index (χ3n) is 4.24. The number of rotatable bonds is 4. The Labute approximate surface area is 140 Å². The smallest absolute Gasteiger partial charge is 0.168 e. The molecule has 0 bridgehead atoms. The highest BCUT2D eigenvalue weighted by atomic mass is 32.2. The minimum absolute atomic E-state index is 0.399. The Morgan fingerprint density at radius 2 is 1.91 bits per heavy atom. The van der Waals surface area contributed by atoms with Gasteiger partial charge in [-0.3, -0.25) is 4.99 Å². The lowest BCUT2D eigenvalue weighted by molar-refractivity contribution is 0.414. The van der Waals surface area contributed by atoms with E-state index in [0.29, 0.717) is 6.04 Å². The summed E-state index contributed by atoms with van der Waals surface area (Å²) in [5.74, 6) is 0.885. The third kappa shape index (κ3) is 2.75. The number of methoxy groups -OCH3 is 1. The molecule has 0 N–H and O–H groups in total. The summed E-state index contributed by atoms with van der Waals surface area (Å²) >= 11 is 1.72. The van der Waals surface area contributed by atoms with Gasteiger partial charge < -0.3 is 9.64 Å². The van der Waals surface area contributed by atoms with Crippen molar-refractivity contribution >= 4 is 22.6 Å². The average Bonchev–Trinajstić information content (AvgIpc) is 3.19. The molecule has 0 saturated carbocycles. The number of hydrogen-bond donors (Lipinski definition) is 0. The zero-order valence-corrected chi connectivity index (χ0v) is 13.8. The van der Waals surface area contributed by atoms with E-state index in [9.17, 15) is 0 Å². The molecule has 2 aromatic carbocycles. The van der Waals surface area contributed by atoms with E-state index in [-0.39, 0.29) is 0 Å². The first kappa shape index (κ1) is 14.4. The number of nitrogens with zero attached hydrogens (tertiary/aromatic N) is 2. The monoisotopic (exact) mass is 322 g/mol. The van der Waals surface area contributed by atoms with Gasteiger partial charge in [0, 0.05) is 5.41 Å². The van der Waals surface area contributed by atoms with Crippen LogP contribution in [0.4, 0.5) is 0 Å². The van der Waals surface area contributed by atoms with E-state index >= 15 is 0 Å². The molecular weight excluding hydrogens is 304 g/mol. The summed E-state index contributed by atoms with van der Waals surface area (Å²) < 4.78 is 5.26. The number of thioether (sulfide) groups is 1. The van der Waals surface area contributed by atoms with E-state index in [0.717, 1.165) is 23.9 Å². The summed E-state index contributed by atoms with van der Waals surface area (Å²) in [6.45, 7) is 0.866. The van der Waals surface area contributed by atoms with Gasteiger partial charge in [-0.2, -0.15) is 0 Å². The lowest BCUT2D eigenvalue weighted by Crippen LogP contribution is -2.33. The zero-order chi connectivity index (χ0) is 15.6. The first-order valence-corrected chi connectivity index (χ1v) is 8.62. The summed E-state index contributed by atoms with van der Waals surface area (Å²) in [6.07, 6.45) is 1.02. The van der Waals surface area contributed by atoms with Crippen LogP contribution in [-0.2, 0) is 6.42 Å². The highest BCUT2D eigenvalue weighted by Crippen LogP contribution is 2.39. The molecule has 116 valence electrons. The molecule has 0 radical (unpaired) electrons. The number of ether oxygens (including phenoxy) is 1. The Hall–Kier alpha value is -2.20. The van der Waals surface area contributed by atoms with Gasteiger partial charge in [-0.05, 0) is 41.8 Å². The normalized spacial score (nSPS) is 19.3. The van der Waals surface area contributed by atoms with Crippen LogP contribution in [0.3, 0.4) is 0 Å². The van der Waals surface area contributed by atoms with Crippen molar-refractivity contribution in [2.75, 3.05) is 13.7 Å². The molecule has 2 aliphatic heterocycles.